The van der Waals surface area contributed by atoms with Crippen LogP contribution in [-0.4, -0.2) is 5.97 Å². The van der Waals surface area contributed by atoms with E-state index in [0.717, 1.165) is 5.56 Å². The fourth-order valence-electron chi connectivity index (χ4n) is 1.20. The third kappa shape index (κ3) is 0.940. The van der Waals surface area contributed by atoms with Gasteiger partial charge in [0.1, 0.15) is 6.61 Å². The third-order valence-corrected chi connectivity index (χ3v) is 2.12. The number of nitrogens with two attached hydrogens (primary N) is 1. The van der Waals surface area contributed by atoms with Crippen LogP contribution in [0.4, 0.5) is 5.69 Å². The van der Waals surface area contributed by atoms with E-state index in [1.165, 1.54) is 0 Å². The summed E-state index contributed by atoms with van der Waals surface area (Å²) in [4.78, 5) is 11.0. The van der Waals surface area contributed by atoms with Crippen molar-refractivity contribution < 1.29 is 9.53 Å². The van der Waals surface area contributed by atoms with Gasteiger partial charge in [-0.3, -0.25) is 0 Å². The van der Waals surface area contributed by atoms with Gasteiger partial charge in [0, 0.05) is 11.3 Å². The molecule has 4 heteroatoms. The van der Waals surface area contributed by atoms with Gasteiger partial charge in [0.05, 0.1) is 10.6 Å². The molecule has 1 aromatic rings. The van der Waals surface area contributed by atoms with Gasteiger partial charge >= 0.3 is 5.97 Å². The lowest BCUT2D eigenvalue weighted by Crippen LogP contribution is -1.95. The number of rotatable bonds is 0. The quantitative estimate of drug-likeness (QED) is 0.491. The molecule has 0 unspecified atom stereocenters. The van der Waals surface area contributed by atoms with Crippen LogP contribution in [-0.2, 0) is 11.3 Å². The van der Waals surface area contributed by atoms with Crippen molar-refractivity contribution in [2.45, 2.75) is 6.61 Å². The van der Waals surface area contributed by atoms with Gasteiger partial charge in [0.25, 0.3) is 0 Å². The lowest BCUT2D eigenvalue weighted by molar-refractivity contribution is 0.0535. The van der Waals surface area contributed by atoms with E-state index in [9.17, 15) is 4.79 Å². The van der Waals surface area contributed by atoms with E-state index in [2.05, 4.69) is 0 Å². The van der Waals surface area contributed by atoms with Crippen molar-refractivity contribution in [1.29, 1.82) is 0 Å². The Balaban J connectivity index is 2.68. The minimum atomic E-state index is -0.348. The van der Waals surface area contributed by atoms with Crippen LogP contribution in [0.1, 0.15) is 15.9 Å². The Bertz CT molecular complexity index is 362. The summed E-state index contributed by atoms with van der Waals surface area (Å²) in [6, 6.07) is 3.19. The first-order chi connectivity index (χ1) is 5.68. The van der Waals surface area contributed by atoms with Gasteiger partial charge in [0.15, 0.2) is 0 Å². The lowest BCUT2D eigenvalue weighted by Gasteiger charge is -1.98. The molecule has 0 atom stereocenters. The topological polar surface area (TPSA) is 52.3 Å². The Morgan fingerprint density at radius 2 is 2.25 bits per heavy atom. The monoisotopic (exact) mass is 183 g/mol. The molecule has 0 fully saturated rings. The highest BCUT2D eigenvalue weighted by Gasteiger charge is 2.23. The van der Waals surface area contributed by atoms with Crippen molar-refractivity contribution in [1.82, 2.24) is 0 Å². The summed E-state index contributed by atoms with van der Waals surface area (Å²) in [6.07, 6.45) is 0. The molecule has 1 aromatic carbocycles. The summed E-state index contributed by atoms with van der Waals surface area (Å²) in [5.74, 6) is -0.348. The smallest absolute Gasteiger partial charge is 0.339 e. The number of anilines is 1. The first-order valence-corrected chi connectivity index (χ1v) is 3.81. The molecule has 0 saturated heterocycles. The summed E-state index contributed by atoms with van der Waals surface area (Å²) in [6.45, 7) is 0.257. The van der Waals surface area contributed by atoms with Crippen molar-refractivity contribution in [3.63, 3.8) is 0 Å². The van der Waals surface area contributed by atoms with Gasteiger partial charge < -0.3 is 10.5 Å². The summed E-state index contributed by atoms with van der Waals surface area (Å²) in [7, 11) is 0. The molecular formula is C8H6ClNO2. The number of fused-ring (bicyclic) bond motifs is 1. The van der Waals surface area contributed by atoms with E-state index in [1.54, 1.807) is 12.1 Å². The number of halogens is 1. The van der Waals surface area contributed by atoms with Gasteiger partial charge in [-0.05, 0) is 12.1 Å². The molecule has 0 saturated carbocycles. The molecule has 0 amide bonds. The van der Waals surface area contributed by atoms with Crippen molar-refractivity contribution in [2.24, 2.45) is 0 Å². The summed E-state index contributed by atoms with van der Waals surface area (Å²) in [5, 5.41) is 0.496. The van der Waals surface area contributed by atoms with Crippen LogP contribution < -0.4 is 5.73 Å². The molecule has 3 nitrogen and oxygen atoms in total. The number of nitrogen functional groups attached to an aromatic ring is 1. The number of carbonyl (C=O) groups excluding carboxylic acids is 1. The Morgan fingerprint density at radius 1 is 1.50 bits per heavy atom. The molecule has 2 rings (SSSR count). The first-order valence-electron chi connectivity index (χ1n) is 3.43. The van der Waals surface area contributed by atoms with Crippen LogP contribution >= 0.6 is 11.6 Å². The van der Waals surface area contributed by atoms with E-state index in [4.69, 9.17) is 22.1 Å². The van der Waals surface area contributed by atoms with E-state index in [-0.39, 0.29) is 12.6 Å². The Hall–Kier alpha value is -1.22. The number of hydrogen-bond donors (Lipinski definition) is 1. The lowest BCUT2D eigenvalue weighted by atomic mass is 10.1. The predicted octanol–water partition coefficient (Wildman–Crippen LogP) is 1.59. The predicted molar refractivity (Wildman–Crippen MR) is 45.0 cm³/mol. The summed E-state index contributed by atoms with van der Waals surface area (Å²) >= 11 is 5.83. The standard InChI is InChI=1S/C8H6ClNO2/c9-7-2-4(10)1-5-6(7)3-12-8(5)11/h1-2H,3,10H2. The highest BCUT2D eigenvalue weighted by Crippen LogP contribution is 2.29. The number of esters is 1. The average molecular weight is 184 g/mol. The zero-order valence-corrected chi connectivity index (χ0v) is 6.89. The number of ether oxygens (including phenoxy) is 1. The maximum absolute atomic E-state index is 11.0. The van der Waals surface area contributed by atoms with E-state index in [0.29, 0.717) is 16.3 Å². The highest BCUT2D eigenvalue weighted by atomic mass is 35.5. The van der Waals surface area contributed by atoms with Gasteiger partial charge in [-0.1, -0.05) is 11.6 Å². The Labute approximate surface area is 74.1 Å². The number of cyclic esters (lactones) is 1. The Kier molecular flexibility index (Phi) is 1.48. The summed E-state index contributed by atoms with van der Waals surface area (Å²) in [5.41, 5.74) is 7.20. The van der Waals surface area contributed by atoms with E-state index >= 15 is 0 Å². The van der Waals surface area contributed by atoms with E-state index in [1.807, 2.05) is 0 Å². The van der Waals surface area contributed by atoms with Crippen LogP contribution in [0.25, 0.3) is 0 Å². The minimum Gasteiger partial charge on any atom is -0.457 e. The molecule has 0 bridgehead atoms. The second-order valence-electron chi connectivity index (χ2n) is 2.60. The molecule has 0 aromatic heterocycles. The third-order valence-electron chi connectivity index (χ3n) is 1.79. The van der Waals surface area contributed by atoms with Gasteiger partial charge in [-0.15, -0.1) is 0 Å². The molecule has 1 aliphatic heterocycles. The normalized spacial score (nSPS) is 14.2. The molecule has 12 heavy (non-hydrogen) atoms. The molecular weight excluding hydrogens is 178 g/mol. The first kappa shape index (κ1) is 7.43. The number of benzene rings is 1. The largest absolute Gasteiger partial charge is 0.457 e. The van der Waals surface area contributed by atoms with Crippen molar-refractivity contribution in [3.8, 4) is 0 Å². The van der Waals surface area contributed by atoms with Gasteiger partial charge in [-0.25, -0.2) is 4.79 Å². The van der Waals surface area contributed by atoms with Crippen LogP contribution in [0.3, 0.4) is 0 Å². The van der Waals surface area contributed by atoms with Crippen molar-refractivity contribution in [3.05, 3.63) is 28.3 Å². The molecule has 62 valence electrons. The molecule has 0 radical (unpaired) electrons. The van der Waals surface area contributed by atoms with Crippen LogP contribution in [0, 0.1) is 0 Å². The van der Waals surface area contributed by atoms with E-state index < -0.39 is 0 Å². The Morgan fingerprint density at radius 3 is 3.00 bits per heavy atom. The maximum Gasteiger partial charge on any atom is 0.339 e. The molecule has 1 heterocycles. The number of hydrogen-bond acceptors (Lipinski definition) is 3. The second-order valence-corrected chi connectivity index (χ2v) is 3.01. The zero-order chi connectivity index (χ0) is 8.72. The minimum absolute atomic E-state index is 0.257. The highest BCUT2D eigenvalue weighted by molar-refractivity contribution is 6.32. The summed E-state index contributed by atoms with van der Waals surface area (Å²) < 4.78 is 4.78. The van der Waals surface area contributed by atoms with Crippen LogP contribution in [0.2, 0.25) is 5.02 Å². The molecule has 0 aliphatic carbocycles. The zero-order valence-electron chi connectivity index (χ0n) is 6.13. The SMILES string of the molecule is Nc1cc(Cl)c2c(c1)C(=O)OC2. The van der Waals surface area contributed by atoms with Gasteiger partial charge in [-0.2, -0.15) is 0 Å². The fraction of sp³-hybridized carbons (Fsp3) is 0.125. The fourth-order valence-corrected chi connectivity index (χ4v) is 1.48. The van der Waals surface area contributed by atoms with Crippen LogP contribution in [0.5, 0.6) is 0 Å². The molecule has 0 spiro atoms. The van der Waals surface area contributed by atoms with Crippen LogP contribution in [0.15, 0.2) is 12.1 Å². The number of carbonyl (C=O) groups is 1. The average Bonchev–Trinajstić information content (AvgIpc) is 2.33. The van der Waals surface area contributed by atoms with Crippen molar-refractivity contribution >= 4 is 23.3 Å². The van der Waals surface area contributed by atoms with Gasteiger partial charge in [0.2, 0.25) is 0 Å². The maximum atomic E-state index is 11.0. The molecule has 2 N–H and O–H groups in total. The second kappa shape index (κ2) is 2.38. The van der Waals surface area contributed by atoms with Crippen molar-refractivity contribution in [2.75, 3.05) is 5.73 Å². The molecule has 1 aliphatic rings.